The maximum atomic E-state index is 12.8. The maximum Gasteiger partial charge on any atom is 0.317 e. The molecule has 1 amide bonds. The van der Waals surface area contributed by atoms with Crippen molar-refractivity contribution >= 4 is 38.6 Å². The van der Waals surface area contributed by atoms with Crippen LogP contribution in [0.4, 0.5) is 5.13 Å². The summed E-state index contributed by atoms with van der Waals surface area (Å²) in [7, 11) is 0. The van der Waals surface area contributed by atoms with Crippen LogP contribution in [0.1, 0.15) is 31.7 Å². The third-order valence-corrected chi connectivity index (χ3v) is 6.44. The van der Waals surface area contributed by atoms with Gasteiger partial charge >= 0.3 is 5.97 Å². The van der Waals surface area contributed by atoms with Gasteiger partial charge in [0, 0.05) is 6.54 Å². The number of benzene rings is 2. The zero-order valence-electron chi connectivity index (χ0n) is 15.8. The van der Waals surface area contributed by atoms with E-state index in [0.717, 1.165) is 35.0 Å². The number of carbonyl (C=O) groups is 2. The predicted octanol–water partition coefficient (Wildman–Crippen LogP) is 4.31. The number of ether oxygens (including phenoxy) is 1. The molecule has 3 aromatic rings. The second-order valence-corrected chi connectivity index (χ2v) is 7.99. The molecule has 0 saturated heterocycles. The summed E-state index contributed by atoms with van der Waals surface area (Å²) >= 11 is 1.46. The highest BCUT2D eigenvalue weighted by molar-refractivity contribution is 7.22. The van der Waals surface area contributed by atoms with Gasteiger partial charge in [-0.05, 0) is 37.5 Å². The molecule has 2 aromatic carbocycles. The number of anilines is 1. The molecule has 1 aliphatic carbocycles. The highest BCUT2D eigenvalue weighted by Crippen LogP contribution is 2.44. The topological polar surface area (TPSA) is 59.5 Å². The second kappa shape index (κ2) is 7.72. The third-order valence-electron chi connectivity index (χ3n) is 5.38. The van der Waals surface area contributed by atoms with Crippen molar-refractivity contribution in [2.75, 3.05) is 18.1 Å². The lowest BCUT2D eigenvalue weighted by atomic mass is 9.64. The molecule has 1 aliphatic rings. The van der Waals surface area contributed by atoms with Crippen LogP contribution in [0, 0.1) is 0 Å². The lowest BCUT2D eigenvalue weighted by molar-refractivity contribution is -0.157. The highest BCUT2D eigenvalue weighted by Gasteiger charge is 2.47. The van der Waals surface area contributed by atoms with Crippen LogP contribution in [0.3, 0.4) is 0 Å². The first-order chi connectivity index (χ1) is 13.6. The molecule has 0 atom stereocenters. The number of likely N-dealkylation sites (N-methyl/N-ethyl adjacent to an activating group) is 1. The quantitative estimate of drug-likeness (QED) is 0.585. The number of thiazole rings is 1. The largest absolute Gasteiger partial charge is 0.455 e. The standard InChI is InChI=1S/C22H22N2O3S/c1-2-24(21-23-17-11-6-7-12-18(17)28-21)19(25)15-27-20(26)22(13-8-14-22)16-9-4-3-5-10-16/h3-7,9-12H,2,8,13-15H2,1H3. The van der Waals surface area contributed by atoms with E-state index in [1.54, 1.807) is 4.90 Å². The number of rotatable bonds is 6. The van der Waals surface area contributed by atoms with Gasteiger partial charge in [-0.25, -0.2) is 4.98 Å². The Morgan fingerprint density at radius 1 is 1.11 bits per heavy atom. The zero-order valence-corrected chi connectivity index (χ0v) is 16.6. The van der Waals surface area contributed by atoms with Gasteiger partial charge in [0.1, 0.15) is 0 Å². The Balaban J connectivity index is 1.46. The number of para-hydroxylation sites is 1. The smallest absolute Gasteiger partial charge is 0.317 e. The van der Waals surface area contributed by atoms with E-state index >= 15 is 0 Å². The van der Waals surface area contributed by atoms with E-state index in [4.69, 9.17) is 4.74 Å². The van der Waals surface area contributed by atoms with Gasteiger partial charge in [0.25, 0.3) is 5.91 Å². The molecule has 0 N–H and O–H groups in total. The van der Waals surface area contributed by atoms with Crippen LogP contribution in [0.25, 0.3) is 10.2 Å². The van der Waals surface area contributed by atoms with Crippen LogP contribution in [-0.4, -0.2) is 30.0 Å². The number of carbonyl (C=O) groups excluding carboxylic acids is 2. The van der Waals surface area contributed by atoms with E-state index in [9.17, 15) is 9.59 Å². The molecule has 1 heterocycles. The Hall–Kier alpha value is -2.73. The lowest BCUT2D eigenvalue weighted by Crippen LogP contribution is -2.45. The van der Waals surface area contributed by atoms with Crippen LogP contribution in [0.5, 0.6) is 0 Å². The van der Waals surface area contributed by atoms with E-state index in [1.165, 1.54) is 11.3 Å². The number of hydrogen-bond acceptors (Lipinski definition) is 5. The summed E-state index contributed by atoms with van der Waals surface area (Å²) in [5.41, 5.74) is 1.23. The van der Waals surface area contributed by atoms with Gasteiger partial charge in [0.05, 0.1) is 15.6 Å². The SMILES string of the molecule is CCN(C(=O)COC(=O)C1(c2ccccc2)CCC1)c1nc2ccccc2s1. The predicted molar refractivity (Wildman–Crippen MR) is 111 cm³/mol. The average Bonchev–Trinajstić information content (AvgIpc) is 3.10. The van der Waals surface area contributed by atoms with E-state index < -0.39 is 5.41 Å². The monoisotopic (exact) mass is 394 g/mol. The molecule has 28 heavy (non-hydrogen) atoms. The van der Waals surface area contributed by atoms with Crippen molar-refractivity contribution in [1.29, 1.82) is 0 Å². The molecule has 1 fully saturated rings. The lowest BCUT2D eigenvalue weighted by Gasteiger charge is -2.39. The third kappa shape index (κ3) is 3.29. The Morgan fingerprint density at radius 2 is 1.82 bits per heavy atom. The number of amides is 1. The van der Waals surface area contributed by atoms with Crippen molar-refractivity contribution < 1.29 is 14.3 Å². The van der Waals surface area contributed by atoms with Gasteiger partial charge in [-0.1, -0.05) is 60.2 Å². The van der Waals surface area contributed by atoms with Crippen molar-refractivity contribution in [1.82, 2.24) is 4.98 Å². The molecule has 0 aliphatic heterocycles. The maximum absolute atomic E-state index is 12.8. The molecule has 0 bridgehead atoms. The zero-order chi connectivity index (χ0) is 19.6. The van der Waals surface area contributed by atoms with Crippen LogP contribution in [-0.2, 0) is 19.7 Å². The number of esters is 1. The van der Waals surface area contributed by atoms with Crippen molar-refractivity contribution in [2.45, 2.75) is 31.6 Å². The van der Waals surface area contributed by atoms with E-state index in [0.29, 0.717) is 11.7 Å². The van der Waals surface area contributed by atoms with Crippen LogP contribution < -0.4 is 4.90 Å². The number of hydrogen-bond donors (Lipinski definition) is 0. The van der Waals surface area contributed by atoms with Gasteiger partial charge in [-0.3, -0.25) is 14.5 Å². The van der Waals surface area contributed by atoms with Crippen molar-refractivity contribution in [3.63, 3.8) is 0 Å². The van der Waals surface area contributed by atoms with Crippen molar-refractivity contribution in [3.8, 4) is 0 Å². The minimum absolute atomic E-state index is 0.252. The summed E-state index contributed by atoms with van der Waals surface area (Å²) in [6.45, 7) is 2.10. The van der Waals surface area contributed by atoms with E-state index in [1.807, 2.05) is 61.5 Å². The van der Waals surface area contributed by atoms with Gasteiger partial charge in [0.15, 0.2) is 11.7 Å². The molecular weight excluding hydrogens is 372 g/mol. The summed E-state index contributed by atoms with van der Waals surface area (Å²) in [5.74, 6) is -0.559. The summed E-state index contributed by atoms with van der Waals surface area (Å²) < 4.78 is 6.52. The Morgan fingerprint density at radius 3 is 2.46 bits per heavy atom. The van der Waals surface area contributed by atoms with Gasteiger partial charge in [-0.15, -0.1) is 0 Å². The molecule has 1 aromatic heterocycles. The fourth-order valence-electron chi connectivity index (χ4n) is 3.64. The molecule has 144 valence electrons. The van der Waals surface area contributed by atoms with Crippen LogP contribution in [0.2, 0.25) is 0 Å². The summed E-state index contributed by atoms with van der Waals surface area (Å²) in [4.78, 5) is 31.7. The molecule has 0 unspecified atom stereocenters. The summed E-state index contributed by atoms with van der Waals surface area (Å²) in [6.07, 6.45) is 2.52. The van der Waals surface area contributed by atoms with Gasteiger partial charge < -0.3 is 4.74 Å². The molecule has 6 heteroatoms. The van der Waals surface area contributed by atoms with E-state index in [2.05, 4.69) is 4.98 Å². The van der Waals surface area contributed by atoms with Gasteiger partial charge in [0.2, 0.25) is 0 Å². The first-order valence-electron chi connectivity index (χ1n) is 9.53. The molecule has 1 saturated carbocycles. The van der Waals surface area contributed by atoms with Crippen molar-refractivity contribution in [2.24, 2.45) is 0 Å². The second-order valence-electron chi connectivity index (χ2n) is 6.98. The Kier molecular flexibility index (Phi) is 5.13. The Labute approximate surface area is 168 Å². The summed E-state index contributed by atoms with van der Waals surface area (Å²) in [6, 6.07) is 17.5. The summed E-state index contributed by atoms with van der Waals surface area (Å²) in [5, 5.41) is 0.631. The molecule has 5 nitrogen and oxygen atoms in total. The van der Waals surface area contributed by atoms with E-state index in [-0.39, 0.29) is 18.5 Å². The first-order valence-corrected chi connectivity index (χ1v) is 10.3. The first kappa shape index (κ1) is 18.6. The molecule has 4 rings (SSSR count). The van der Waals surface area contributed by atoms with Crippen LogP contribution >= 0.6 is 11.3 Å². The minimum atomic E-state index is -0.603. The number of fused-ring (bicyclic) bond motifs is 1. The normalized spacial score (nSPS) is 15.0. The molecule has 0 radical (unpaired) electrons. The molecular formula is C22H22N2O3S. The average molecular weight is 394 g/mol. The Bertz CT molecular complexity index is 962. The fourth-order valence-corrected chi connectivity index (χ4v) is 4.68. The number of aromatic nitrogens is 1. The van der Waals surface area contributed by atoms with Crippen LogP contribution in [0.15, 0.2) is 54.6 Å². The minimum Gasteiger partial charge on any atom is -0.455 e. The van der Waals surface area contributed by atoms with Crippen molar-refractivity contribution in [3.05, 3.63) is 60.2 Å². The molecule has 0 spiro atoms. The number of nitrogens with zero attached hydrogens (tertiary/aromatic N) is 2. The fraction of sp³-hybridized carbons (Fsp3) is 0.318. The van der Waals surface area contributed by atoms with Gasteiger partial charge in [-0.2, -0.15) is 0 Å². The highest BCUT2D eigenvalue weighted by atomic mass is 32.1.